The molecule has 1 amide bonds. The molecular weight excluding hydrogens is 262 g/mol. The summed E-state index contributed by atoms with van der Waals surface area (Å²) in [6, 6.07) is 8.09. The van der Waals surface area contributed by atoms with E-state index in [4.69, 9.17) is 0 Å². The molecule has 1 saturated heterocycles. The van der Waals surface area contributed by atoms with Crippen molar-refractivity contribution in [3.8, 4) is 0 Å². The molecule has 2 rings (SSSR count). The quantitative estimate of drug-likeness (QED) is 0.876. The summed E-state index contributed by atoms with van der Waals surface area (Å²) >= 11 is 0. The van der Waals surface area contributed by atoms with Gasteiger partial charge in [0, 0.05) is 31.6 Å². The van der Waals surface area contributed by atoms with Crippen LogP contribution in [0.25, 0.3) is 0 Å². The lowest BCUT2D eigenvalue weighted by Crippen LogP contribution is -2.37. The molecule has 1 heterocycles. The van der Waals surface area contributed by atoms with Gasteiger partial charge >= 0.3 is 0 Å². The van der Waals surface area contributed by atoms with Crippen molar-refractivity contribution in [1.29, 1.82) is 0 Å². The van der Waals surface area contributed by atoms with Crippen LogP contribution in [0, 0.1) is 0 Å². The number of carbonyl (C=O) groups excluding carboxylic acids is 1. The Bertz CT molecular complexity index is 473. The summed E-state index contributed by atoms with van der Waals surface area (Å²) in [4.78, 5) is 14.4. The molecule has 0 atom stereocenters. The Balaban J connectivity index is 1.91. The van der Waals surface area contributed by atoms with E-state index in [-0.39, 0.29) is 11.4 Å². The maximum atomic E-state index is 12.1. The van der Waals surface area contributed by atoms with Crippen LogP contribution in [-0.2, 0) is 4.79 Å². The minimum absolute atomic E-state index is 0.0493. The molecule has 1 aromatic carbocycles. The van der Waals surface area contributed by atoms with Crippen molar-refractivity contribution in [3.63, 3.8) is 0 Å². The highest BCUT2D eigenvalue weighted by atomic mass is 16.1. The molecule has 0 unspecified atom stereocenters. The van der Waals surface area contributed by atoms with E-state index >= 15 is 0 Å². The maximum Gasteiger partial charge on any atom is 0.225 e. The molecule has 0 radical (unpaired) electrons. The predicted molar refractivity (Wildman–Crippen MR) is 88.9 cm³/mol. The van der Waals surface area contributed by atoms with Crippen LogP contribution < -0.4 is 15.5 Å². The summed E-state index contributed by atoms with van der Waals surface area (Å²) in [6.07, 6.45) is 2.96. The third-order valence-electron chi connectivity index (χ3n) is 3.63. The Kier molecular flexibility index (Phi) is 5.23. The largest absolute Gasteiger partial charge is 0.370 e. The zero-order valence-corrected chi connectivity index (χ0v) is 13.4. The second kappa shape index (κ2) is 6.94. The maximum absolute atomic E-state index is 12.1. The molecule has 1 aromatic rings. The van der Waals surface area contributed by atoms with Gasteiger partial charge in [0.2, 0.25) is 5.91 Å². The smallest absolute Gasteiger partial charge is 0.225 e. The van der Waals surface area contributed by atoms with Gasteiger partial charge < -0.3 is 15.5 Å². The van der Waals surface area contributed by atoms with Gasteiger partial charge in [0.25, 0.3) is 0 Å². The molecule has 1 aliphatic heterocycles. The van der Waals surface area contributed by atoms with Crippen molar-refractivity contribution in [3.05, 3.63) is 24.3 Å². The number of rotatable bonds is 5. The first-order valence-corrected chi connectivity index (χ1v) is 7.84. The summed E-state index contributed by atoms with van der Waals surface area (Å²) in [5.74, 6) is 0.0680. The SMILES string of the molecule is CC(C)(C)NCCC(=O)Nc1ccccc1N1CCCC1. The van der Waals surface area contributed by atoms with E-state index < -0.39 is 0 Å². The fourth-order valence-electron chi connectivity index (χ4n) is 2.58. The van der Waals surface area contributed by atoms with Gasteiger partial charge in [0.15, 0.2) is 0 Å². The number of benzene rings is 1. The first kappa shape index (κ1) is 15.8. The van der Waals surface area contributed by atoms with E-state index in [0.717, 1.165) is 24.5 Å². The normalized spacial score (nSPS) is 15.3. The number of nitrogens with zero attached hydrogens (tertiary/aromatic N) is 1. The molecule has 116 valence electrons. The summed E-state index contributed by atoms with van der Waals surface area (Å²) in [5, 5.41) is 6.39. The molecule has 1 aliphatic rings. The highest BCUT2D eigenvalue weighted by Crippen LogP contribution is 2.28. The van der Waals surface area contributed by atoms with Gasteiger partial charge in [-0.3, -0.25) is 4.79 Å². The number of para-hydroxylation sites is 2. The lowest BCUT2D eigenvalue weighted by molar-refractivity contribution is -0.116. The van der Waals surface area contributed by atoms with Crippen LogP contribution in [-0.4, -0.2) is 31.1 Å². The second-order valence-electron chi connectivity index (χ2n) is 6.69. The second-order valence-corrected chi connectivity index (χ2v) is 6.69. The van der Waals surface area contributed by atoms with Crippen LogP contribution in [0.5, 0.6) is 0 Å². The zero-order valence-electron chi connectivity index (χ0n) is 13.4. The van der Waals surface area contributed by atoms with E-state index in [1.165, 1.54) is 12.8 Å². The lowest BCUT2D eigenvalue weighted by Gasteiger charge is -2.22. The molecule has 4 heteroatoms. The lowest BCUT2D eigenvalue weighted by atomic mass is 10.1. The first-order valence-electron chi connectivity index (χ1n) is 7.84. The van der Waals surface area contributed by atoms with Crippen LogP contribution in [0.3, 0.4) is 0 Å². The third kappa shape index (κ3) is 5.05. The van der Waals surface area contributed by atoms with Crippen LogP contribution in [0.2, 0.25) is 0 Å². The van der Waals surface area contributed by atoms with Crippen molar-refractivity contribution < 1.29 is 4.79 Å². The zero-order chi connectivity index (χ0) is 15.3. The summed E-state index contributed by atoms with van der Waals surface area (Å²) < 4.78 is 0. The van der Waals surface area contributed by atoms with Gasteiger partial charge in [-0.25, -0.2) is 0 Å². The first-order chi connectivity index (χ1) is 9.96. The number of hydrogen-bond acceptors (Lipinski definition) is 3. The molecule has 1 fully saturated rings. The number of amides is 1. The molecule has 0 saturated carbocycles. The van der Waals surface area contributed by atoms with E-state index in [9.17, 15) is 4.79 Å². The minimum atomic E-state index is 0.0493. The van der Waals surface area contributed by atoms with Gasteiger partial charge in [-0.15, -0.1) is 0 Å². The summed E-state index contributed by atoms with van der Waals surface area (Å²) in [5.41, 5.74) is 2.13. The van der Waals surface area contributed by atoms with Crippen LogP contribution >= 0.6 is 0 Å². The molecule has 0 aliphatic carbocycles. The Morgan fingerprint density at radius 1 is 1.19 bits per heavy atom. The number of carbonyl (C=O) groups is 1. The highest BCUT2D eigenvalue weighted by Gasteiger charge is 2.16. The fourth-order valence-corrected chi connectivity index (χ4v) is 2.58. The third-order valence-corrected chi connectivity index (χ3v) is 3.63. The van der Waals surface area contributed by atoms with Crippen molar-refractivity contribution in [2.75, 3.05) is 29.9 Å². The van der Waals surface area contributed by atoms with Gasteiger partial charge in [-0.1, -0.05) is 12.1 Å². The molecule has 0 aromatic heterocycles. The van der Waals surface area contributed by atoms with Crippen LogP contribution in [0.4, 0.5) is 11.4 Å². The van der Waals surface area contributed by atoms with Crippen molar-refractivity contribution in [1.82, 2.24) is 5.32 Å². The van der Waals surface area contributed by atoms with Crippen molar-refractivity contribution >= 4 is 17.3 Å². The minimum Gasteiger partial charge on any atom is -0.370 e. The molecule has 21 heavy (non-hydrogen) atoms. The molecule has 2 N–H and O–H groups in total. The van der Waals surface area contributed by atoms with E-state index in [1.54, 1.807) is 0 Å². The van der Waals surface area contributed by atoms with Gasteiger partial charge in [-0.05, 0) is 45.7 Å². The standard InChI is InChI=1S/C17H27N3O/c1-17(2,3)18-11-10-16(21)19-14-8-4-5-9-15(14)20-12-6-7-13-20/h4-5,8-9,18H,6-7,10-13H2,1-3H3,(H,19,21). The van der Waals surface area contributed by atoms with E-state index in [2.05, 4.69) is 42.4 Å². The Hall–Kier alpha value is -1.55. The molecule has 4 nitrogen and oxygen atoms in total. The molecular formula is C17H27N3O. The number of hydrogen-bond donors (Lipinski definition) is 2. The average molecular weight is 289 g/mol. The van der Waals surface area contributed by atoms with Crippen molar-refractivity contribution in [2.24, 2.45) is 0 Å². The monoisotopic (exact) mass is 289 g/mol. The summed E-state index contributed by atoms with van der Waals surface area (Å²) in [6.45, 7) is 9.17. The Morgan fingerprint density at radius 3 is 2.52 bits per heavy atom. The average Bonchev–Trinajstić information content (AvgIpc) is 2.91. The number of nitrogens with one attached hydrogen (secondary N) is 2. The Morgan fingerprint density at radius 2 is 1.86 bits per heavy atom. The van der Waals surface area contributed by atoms with Gasteiger partial charge in [0.05, 0.1) is 11.4 Å². The topological polar surface area (TPSA) is 44.4 Å². The Labute approximate surface area is 127 Å². The summed E-state index contributed by atoms with van der Waals surface area (Å²) in [7, 11) is 0. The molecule has 0 bridgehead atoms. The van der Waals surface area contributed by atoms with Crippen LogP contribution in [0.1, 0.15) is 40.0 Å². The van der Waals surface area contributed by atoms with Gasteiger partial charge in [-0.2, -0.15) is 0 Å². The molecule has 0 spiro atoms. The predicted octanol–water partition coefficient (Wildman–Crippen LogP) is 3.00. The van der Waals surface area contributed by atoms with Crippen LogP contribution in [0.15, 0.2) is 24.3 Å². The fraction of sp³-hybridized carbons (Fsp3) is 0.588. The van der Waals surface area contributed by atoms with Crippen molar-refractivity contribution in [2.45, 2.75) is 45.6 Å². The number of anilines is 2. The van der Waals surface area contributed by atoms with E-state index in [0.29, 0.717) is 13.0 Å². The highest BCUT2D eigenvalue weighted by molar-refractivity contribution is 5.94. The van der Waals surface area contributed by atoms with Gasteiger partial charge in [0.1, 0.15) is 0 Å². The van der Waals surface area contributed by atoms with E-state index in [1.807, 2.05) is 18.2 Å².